The first kappa shape index (κ1) is 15.1. The number of nitrogens with zero attached hydrogens (tertiary/aromatic N) is 2. The van der Waals surface area contributed by atoms with E-state index in [2.05, 4.69) is 55.2 Å². The van der Waals surface area contributed by atoms with Crippen molar-refractivity contribution >= 4 is 0 Å². The molecule has 0 bridgehead atoms. The maximum absolute atomic E-state index is 4.56. The second-order valence-corrected chi connectivity index (χ2v) is 5.00. The van der Waals surface area contributed by atoms with Crippen molar-refractivity contribution in [3.05, 3.63) is 29.6 Å². The molecule has 1 aromatic rings. The first-order valence-corrected chi connectivity index (χ1v) is 6.94. The molecule has 102 valence electrons. The largest absolute Gasteiger partial charge is 0.313 e. The zero-order valence-corrected chi connectivity index (χ0v) is 12.4. The summed E-state index contributed by atoms with van der Waals surface area (Å²) in [6.45, 7) is 10.7. The fourth-order valence-electron chi connectivity index (χ4n) is 2.31. The van der Waals surface area contributed by atoms with Crippen LogP contribution >= 0.6 is 0 Å². The van der Waals surface area contributed by atoms with Crippen LogP contribution in [-0.2, 0) is 6.54 Å². The van der Waals surface area contributed by atoms with Gasteiger partial charge in [0.2, 0.25) is 0 Å². The van der Waals surface area contributed by atoms with Crippen molar-refractivity contribution in [2.75, 3.05) is 13.6 Å². The van der Waals surface area contributed by atoms with Crippen molar-refractivity contribution in [1.82, 2.24) is 15.2 Å². The second kappa shape index (κ2) is 7.49. The fraction of sp³-hybridized carbons (Fsp3) is 0.667. The number of aromatic nitrogens is 1. The summed E-state index contributed by atoms with van der Waals surface area (Å²) in [6.07, 6.45) is 1.15. The van der Waals surface area contributed by atoms with Crippen LogP contribution in [0.1, 0.15) is 38.6 Å². The van der Waals surface area contributed by atoms with E-state index < -0.39 is 0 Å². The summed E-state index contributed by atoms with van der Waals surface area (Å²) in [5, 5.41) is 3.55. The van der Waals surface area contributed by atoms with Crippen molar-refractivity contribution in [2.24, 2.45) is 0 Å². The molecule has 2 unspecified atom stereocenters. The molecule has 18 heavy (non-hydrogen) atoms. The molecular formula is C15H27N3. The van der Waals surface area contributed by atoms with Crippen LogP contribution in [0.5, 0.6) is 0 Å². The molecule has 1 N–H and O–H groups in total. The van der Waals surface area contributed by atoms with Crippen LogP contribution in [0.3, 0.4) is 0 Å². The van der Waals surface area contributed by atoms with E-state index in [0.29, 0.717) is 12.1 Å². The molecule has 0 radical (unpaired) electrons. The van der Waals surface area contributed by atoms with Crippen LogP contribution in [0.2, 0.25) is 0 Å². The Balaban J connectivity index is 2.61. The topological polar surface area (TPSA) is 28.2 Å². The molecule has 3 nitrogen and oxygen atoms in total. The van der Waals surface area contributed by atoms with Gasteiger partial charge in [0.25, 0.3) is 0 Å². The SMILES string of the molecule is CCNC(CC)C(C)N(C)Cc1cccc(C)n1. The van der Waals surface area contributed by atoms with Gasteiger partial charge in [-0.1, -0.05) is 19.9 Å². The Bertz CT molecular complexity index is 351. The first-order valence-electron chi connectivity index (χ1n) is 6.94. The lowest BCUT2D eigenvalue weighted by Gasteiger charge is -2.31. The third-order valence-electron chi connectivity index (χ3n) is 3.54. The lowest BCUT2D eigenvalue weighted by molar-refractivity contribution is 0.195. The second-order valence-electron chi connectivity index (χ2n) is 5.00. The molecule has 1 aromatic heterocycles. The summed E-state index contributed by atoms with van der Waals surface area (Å²) in [5.41, 5.74) is 2.24. The van der Waals surface area contributed by atoms with Crippen molar-refractivity contribution in [3.63, 3.8) is 0 Å². The van der Waals surface area contributed by atoms with Gasteiger partial charge < -0.3 is 5.32 Å². The highest BCUT2D eigenvalue weighted by Gasteiger charge is 2.18. The van der Waals surface area contributed by atoms with Crippen LogP contribution in [0.4, 0.5) is 0 Å². The Labute approximate surface area is 112 Å². The highest BCUT2D eigenvalue weighted by atomic mass is 15.2. The Kier molecular flexibility index (Phi) is 6.30. The lowest BCUT2D eigenvalue weighted by Crippen LogP contribution is -2.46. The molecule has 0 amide bonds. The third-order valence-corrected chi connectivity index (χ3v) is 3.54. The van der Waals surface area contributed by atoms with Crippen molar-refractivity contribution < 1.29 is 0 Å². The maximum Gasteiger partial charge on any atom is 0.0547 e. The number of pyridine rings is 1. The van der Waals surface area contributed by atoms with Crippen LogP contribution in [0.25, 0.3) is 0 Å². The zero-order chi connectivity index (χ0) is 13.5. The molecule has 0 spiro atoms. The van der Waals surface area contributed by atoms with Crippen molar-refractivity contribution in [1.29, 1.82) is 0 Å². The van der Waals surface area contributed by atoms with Gasteiger partial charge in [0, 0.05) is 24.3 Å². The quantitative estimate of drug-likeness (QED) is 0.805. The number of rotatable bonds is 7. The number of likely N-dealkylation sites (N-methyl/N-ethyl adjacent to an activating group) is 2. The number of hydrogen-bond donors (Lipinski definition) is 1. The fourth-order valence-corrected chi connectivity index (χ4v) is 2.31. The summed E-state index contributed by atoms with van der Waals surface area (Å²) in [7, 11) is 2.18. The summed E-state index contributed by atoms with van der Waals surface area (Å²) < 4.78 is 0. The summed E-state index contributed by atoms with van der Waals surface area (Å²) in [4.78, 5) is 6.94. The molecule has 0 saturated heterocycles. The van der Waals surface area contributed by atoms with Crippen LogP contribution in [-0.4, -0.2) is 35.6 Å². The van der Waals surface area contributed by atoms with Gasteiger partial charge in [-0.05, 0) is 46.0 Å². The van der Waals surface area contributed by atoms with Gasteiger partial charge in [0.1, 0.15) is 0 Å². The monoisotopic (exact) mass is 249 g/mol. The van der Waals surface area contributed by atoms with Gasteiger partial charge in [-0.15, -0.1) is 0 Å². The standard InChI is InChI=1S/C15H27N3/c1-6-15(16-7-2)13(4)18(5)11-14-10-8-9-12(3)17-14/h8-10,13,15-16H,6-7,11H2,1-5H3. The average Bonchev–Trinajstić information content (AvgIpc) is 2.35. The molecule has 1 rings (SSSR count). The van der Waals surface area contributed by atoms with Crippen LogP contribution < -0.4 is 5.32 Å². The van der Waals surface area contributed by atoms with E-state index in [9.17, 15) is 0 Å². The minimum absolute atomic E-state index is 0.511. The zero-order valence-electron chi connectivity index (χ0n) is 12.4. The molecule has 0 saturated carbocycles. The summed E-state index contributed by atoms with van der Waals surface area (Å²) in [5.74, 6) is 0. The Morgan fingerprint density at radius 1 is 1.33 bits per heavy atom. The summed E-state index contributed by atoms with van der Waals surface area (Å²) >= 11 is 0. The molecule has 0 fully saturated rings. The highest BCUT2D eigenvalue weighted by molar-refractivity contribution is 5.09. The van der Waals surface area contributed by atoms with E-state index in [1.807, 2.05) is 13.0 Å². The van der Waals surface area contributed by atoms with E-state index in [-0.39, 0.29) is 0 Å². The van der Waals surface area contributed by atoms with E-state index in [1.54, 1.807) is 0 Å². The predicted octanol–water partition coefficient (Wildman–Crippen LogP) is 2.60. The normalized spacial score (nSPS) is 14.8. The van der Waals surface area contributed by atoms with E-state index in [1.165, 1.54) is 0 Å². The van der Waals surface area contributed by atoms with Gasteiger partial charge in [-0.25, -0.2) is 0 Å². The van der Waals surface area contributed by atoms with Crippen LogP contribution in [0, 0.1) is 6.92 Å². The molecular weight excluding hydrogens is 222 g/mol. The Hall–Kier alpha value is -0.930. The minimum atomic E-state index is 0.511. The molecule has 1 heterocycles. The highest BCUT2D eigenvalue weighted by Crippen LogP contribution is 2.10. The maximum atomic E-state index is 4.56. The van der Waals surface area contributed by atoms with Crippen molar-refractivity contribution in [2.45, 2.75) is 52.7 Å². The van der Waals surface area contributed by atoms with Gasteiger partial charge in [-0.2, -0.15) is 0 Å². The predicted molar refractivity (Wildman–Crippen MR) is 77.7 cm³/mol. The summed E-state index contributed by atoms with van der Waals surface area (Å²) in [6, 6.07) is 7.28. The Morgan fingerprint density at radius 2 is 2.06 bits per heavy atom. The first-order chi connectivity index (χ1) is 8.58. The number of nitrogens with one attached hydrogen (secondary N) is 1. The molecule has 0 aromatic carbocycles. The lowest BCUT2D eigenvalue weighted by atomic mass is 10.1. The third kappa shape index (κ3) is 4.39. The number of aryl methyl sites for hydroxylation is 1. The molecule has 3 heteroatoms. The van der Waals surface area contributed by atoms with E-state index in [0.717, 1.165) is 30.9 Å². The van der Waals surface area contributed by atoms with Crippen molar-refractivity contribution in [3.8, 4) is 0 Å². The average molecular weight is 249 g/mol. The minimum Gasteiger partial charge on any atom is -0.313 e. The molecule has 0 aliphatic rings. The molecule has 2 atom stereocenters. The van der Waals surface area contributed by atoms with Gasteiger partial charge >= 0.3 is 0 Å². The van der Waals surface area contributed by atoms with Gasteiger partial charge in [-0.3, -0.25) is 9.88 Å². The van der Waals surface area contributed by atoms with E-state index in [4.69, 9.17) is 0 Å². The van der Waals surface area contributed by atoms with Gasteiger partial charge in [0.05, 0.1) is 5.69 Å². The molecule has 0 aliphatic carbocycles. The van der Waals surface area contributed by atoms with Gasteiger partial charge in [0.15, 0.2) is 0 Å². The molecule has 0 aliphatic heterocycles. The number of hydrogen-bond acceptors (Lipinski definition) is 3. The Morgan fingerprint density at radius 3 is 2.61 bits per heavy atom. The van der Waals surface area contributed by atoms with E-state index >= 15 is 0 Å². The smallest absolute Gasteiger partial charge is 0.0547 e. The van der Waals surface area contributed by atoms with Crippen LogP contribution in [0.15, 0.2) is 18.2 Å².